The zero-order chi connectivity index (χ0) is 17.5. The summed E-state index contributed by atoms with van der Waals surface area (Å²) >= 11 is 0. The number of amides is 2. The monoisotopic (exact) mass is 342 g/mol. The van der Waals surface area contributed by atoms with Gasteiger partial charge in [0.2, 0.25) is 5.91 Å². The predicted octanol–water partition coefficient (Wildman–Crippen LogP) is -0.789. The zero-order valence-electron chi connectivity index (χ0n) is 12.1. The maximum atomic E-state index is 12.1. The topological polar surface area (TPSA) is 108 Å². The Morgan fingerprint density at radius 3 is 2.35 bits per heavy atom. The number of ether oxygens (including phenoxy) is 3. The van der Waals surface area contributed by atoms with Gasteiger partial charge in [0.25, 0.3) is 5.91 Å². The molecule has 0 aromatic heterocycles. The third kappa shape index (κ3) is 6.12. The van der Waals surface area contributed by atoms with Gasteiger partial charge < -0.3 is 19.9 Å². The maximum Gasteiger partial charge on any atom is 0.490 e. The highest BCUT2D eigenvalue weighted by Crippen LogP contribution is 2.22. The number of imide groups is 1. The molecule has 0 bridgehead atoms. The van der Waals surface area contributed by atoms with E-state index < -0.39 is 36.5 Å². The lowest BCUT2D eigenvalue weighted by Crippen LogP contribution is -2.38. The first kappa shape index (κ1) is 19.3. The van der Waals surface area contributed by atoms with E-state index in [0.717, 1.165) is 0 Å². The Bertz CT molecular complexity index is 443. The Kier molecular flexibility index (Phi) is 7.39. The van der Waals surface area contributed by atoms with Crippen molar-refractivity contribution in [2.45, 2.75) is 18.7 Å². The third-order valence-corrected chi connectivity index (χ3v) is 2.78. The lowest BCUT2D eigenvalue weighted by molar-refractivity contribution is -0.204. The Balaban J connectivity index is 2.34. The molecule has 0 saturated carbocycles. The molecule has 1 rings (SSSR count). The molecule has 0 radical (unpaired) electrons. The summed E-state index contributed by atoms with van der Waals surface area (Å²) in [6, 6.07) is 0. The van der Waals surface area contributed by atoms with E-state index >= 15 is 0 Å². The van der Waals surface area contributed by atoms with Crippen LogP contribution in [-0.4, -0.2) is 74.5 Å². The summed E-state index contributed by atoms with van der Waals surface area (Å²) in [7, 11) is 0. The van der Waals surface area contributed by atoms with E-state index in [2.05, 4.69) is 4.74 Å². The molecule has 1 saturated heterocycles. The average molecular weight is 342 g/mol. The van der Waals surface area contributed by atoms with Crippen molar-refractivity contribution in [3.05, 3.63) is 0 Å². The Morgan fingerprint density at radius 2 is 1.78 bits per heavy atom. The van der Waals surface area contributed by atoms with E-state index in [9.17, 15) is 27.6 Å². The summed E-state index contributed by atoms with van der Waals surface area (Å²) in [5.41, 5.74) is 5.20. The molecule has 1 unspecified atom stereocenters. The number of alkyl halides is 3. The summed E-state index contributed by atoms with van der Waals surface area (Å²) in [5, 5.41) is 0. The Hall–Kier alpha value is -1.72. The van der Waals surface area contributed by atoms with Gasteiger partial charge in [0.05, 0.1) is 39.4 Å². The number of carbonyl (C=O) groups excluding carboxylic acids is 3. The number of hydrogen-bond acceptors (Lipinski definition) is 7. The van der Waals surface area contributed by atoms with Crippen LogP contribution in [0.4, 0.5) is 13.2 Å². The smallest absolute Gasteiger partial charge is 0.445 e. The third-order valence-electron chi connectivity index (χ3n) is 2.78. The number of nitrogens with two attached hydrogens (primary N) is 1. The lowest BCUT2D eigenvalue weighted by atomic mass is 10.3. The molecule has 1 heterocycles. The highest BCUT2D eigenvalue weighted by atomic mass is 19.4. The van der Waals surface area contributed by atoms with Crippen molar-refractivity contribution in [1.29, 1.82) is 0 Å². The quantitative estimate of drug-likeness (QED) is 0.332. The number of carbonyl (C=O) groups is 3. The minimum Gasteiger partial charge on any atom is -0.445 e. The molecular weight excluding hydrogens is 325 g/mol. The Labute approximate surface area is 129 Å². The molecule has 0 aliphatic carbocycles. The molecule has 1 aliphatic heterocycles. The van der Waals surface area contributed by atoms with Crippen LogP contribution in [0.5, 0.6) is 0 Å². The van der Waals surface area contributed by atoms with Crippen molar-refractivity contribution in [3.63, 3.8) is 0 Å². The largest absolute Gasteiger partial charge is 0.490 e. The van der Waals surface area contributed by atoms with E-state index in [1.165, 1.54) is 0 Å². The molecule has 132 valence electrons. The van der Waals surface area contributed by atoms with Crippen molar-refractivity contribution in [3.8, 4) is 0 Å². The summed E-state index contributed by atoms with van der Waals surface area (Å²) < 4.78 is 50.4. The van der Waals surface area contributed by atoms with Gasteiger partial charge >= 0.3 is 12.1 Å². The zero-order valence-corrected chi connectivity index (χ0v) is 12.1. The summed E-state index contributed by atoms with van der Waals surface area (Å²) in [5.74, 6) is -4.22. The van der Waals surface area contributed by atoms with E-state index in [-0.39, 0.29) is 26.4 Å². The maximum absolute atomic E-state index is 12.1. The number of hydrogen-bond donors (Lipinski definition) is 1. The number of halogens is 3. The van der Waals surface area contributed by atoms with Crippen molar-refractivity contribution >= 4 is 17.8 Å². The molecule has 11 heteroatoms. The van der Waals surface area contributed by atoms with Gasteiger partial charge in [-0.2, -0.15) is 13.2 Å². The first-order chi connectivity index (χ1) is 10.8. The molecule has 1 aliphatic rings. The molecule has 0 aromatic carbocycles. The van der Waals surface area contributed by atoms with Crippen molar-refractivity contribution < 1.29 is 41.8 Å². The van der Waals surface area contributed by atoms with Crippen LogP contribution in [0.15, 0.2) is 0 Å². The number of esters is 1. The number of nitrogens with zero attached hydrogens (tertiary/aromatic N) is 1. The molecule has 2 N–H and O–H groups in total. The fourth-order valence-corrected chi connectivity index (χ4v) is 1.74. The fraction of sp³-hybridized carbons (Fsp3) is 0.750. The van der Waals surface area contributed by atoms with Gasteiger partial charge in [-0.3, -0.25) is 14.5 Å². The summed E-state index contributed by atoms with van der Waals surface area (Å²) in [4.78, 5) is 34.7. The van der Waals surface area contributed by atoms with Gasteiger partial charge in [-0.25, -0.2) is 4.79 Å². The van der Waals surface area contributed by atoms with Crippen LogP contribution in [0.3, 0.4) is 0 Å². The van der Waals surface area contributed by atoms with Gasteiger partial charge in [-0.05, 0) is 0 Å². The standard InChI is InChI=1S/C12H17F3N2O6/c13-12(14,15)11(20)23-8-7-9(18)17(10(8)19)2-4-22-6-5-21-3-1-16/h8H,1-7,16H2. The normalized spacial score (nSPS) is 18.6. The van der Waals surface area contributed by atoms with Crippen molar-refractivity contribution in [2.24, 2.45) is 5.73 Å². The fourth-order valence-electron chi connectivity index (χ4n) is 1.74. The number of likely N-dealkylation sites (tertiary alicyclic amines) is 1. The van der Waals surface area contributed by atoms with Crippen LogP contribution in [0.1, 0.15) is 6.42 Å². The van der Waals surface area contributed by atoms with Gasteiger partial charge in [0.15, 0.2) is 6.10 Å². The molecule has 8 nitrogen and oxygen atoms in total. The second-order valence-electron chi connectivity index (χ2n) is 4.49. The predicted molar refractivity (Wildman–Crippen MR) is 68.0 cm³/mol. The van der Waals surface area contributed by atoms with Gasteiger partial charge in [-0.15, -0.1) is 0 Å². The highest BCUT2D eigenvalue weighted by Gasteiger charge is 2.47. The second kappa shape index (κ2) is 8.79. The van der Waals surface area contributed by atoms with Crippen LogP contribution < -0.4 is 5.73 Å². The molecule has 1 fully saturated rings. The van der Waals surface area contributed by atoms with Crippen LogP contribution >= 0.6 is 0 Å². The minimum atomic E-state index is -5.22. The summed E-state index contributed by atoms with van der Waals surface area (Å²) in [6.45, 7) is 1.08. The van der Waals surface area contributed by atoms with Gasteiger partial charge in [0, 0.05) is 6.54 Å². The van der Waals surface area contributed by atoms with Crippen LogP contribution in [-0.2, 0) is 28.6 Å². The molecular formula is C12H17F3N2O6. The second-order valence-corrected chi connectivity index (χ2v) is 4.49. The number of rotatable bonds is 9. The van der Waals surface area contributed by atoms with E-state index in [1.807, 2.05) is 0 Å². The van der Waals surface area contributed by atoms with Gasteiger partial charge in [-0.1, -0.05) is 0 Å². The Morgan fingerprint density at radius 1 is 1.17 bits per heavy atom. The van der Waals surface area contributed by atoms with Gasteiger partial charge in [0.1, 0.15) is 0 Å². The SMILES string of the molecule is NCCOCCOCCN1C(=O)CC(OC(=O)C(F)(F)F)C1=O. The van der Waals surface area contributed by atoms with E-state index in [1.54, 1.807) is 0 Å². The van der Waals surface area contributed by atoms with Crippen LogP contribution in [0.2, 0.25) is 0 Å². The van der Waals surface area contributed by atoms with Crippen LogP contribution in [0.25, 0.3) is 0 Å². The molecule has 23 heavy (non-hydrogen) atoms. The van der Waals surface area contributed by atoms with Crippen LogP contribution in [0, 0.1) is 0 Å². The van der Waals surface area contributed by atoms with Crippen molar-refractivity contribution in [1.82, 2.24) is 4.90 Å². The van der Waals surface area contributed by atoms with Crippen molar-refractivity contribution in [2.75, 3.05) is 39.5 Å². The molecule has 0 aromatic rings. The summed E-state index contributed by atoms with van der Waals surface area (Å²) in [6.07, 6.45) is -7.58. The first-order valence-electron chi connectivity index (χ1n) is 6.75. The minimum absolute atomic E-state index is 0.0105. The average Bonchev–Trinajstić information content (AvgIpc) is 2.72. The lowest BCUT2D eigenvalue weighted by Gasteiger charge is -2.15. The van der Waals surface area contributed by atoms with E-state index in [0.29, 0.717) is 18.1 Å². The highest BCUT2D eigenvalue weighted by molar-refractivity contribution is 6.05. The first-order valence-corrected chi connectivity index (χ1v) is 6.75. The molecule has 0 spiro atoms. The van der Waals surface area contributed by atoms with E-state index in [4.69, 9.17) is 15.2 Å². The molecule has 2 amide bonds. The molecule has 1 atom stereocenters.